The second-order valence-corrected chi connectivity index (χ2v) is 12.6. The Kier molecular flexibility index (Phi) is 15.6. The second-order valence-electron chi connectivity index (χ2n) is 11.6. The lowest BCUT2D eigenvalue weighted by atomic mass is 10.0. The van der Waals surface area contributed by atoms with Gasteiger partial charge in [0.15, 0.2) is 16.9 Å². The Balaban J connectivity index is 1.80. The number of ketones is 1. The highest BCUT2D eigenvalue weighted by Gasteiger charge is 2.31. The molecule has 0 bridgehead atoms. The summed E-state index contributed by atoms with van der Waals surface area (Å²) in [6.07, 6.45) is 1.40. The fourth-order valence-electron chi connectivity index (χ4n) is 4.98. The molecule has 50 heavy (non-hydrogen) atoms. The molecule has 3 atom stereocenters. The number of hydrogen-bond acceptors (Lipinski definition) is 9. The number of primary amides is 1. The minimum Gasteiger partial charge on any atom is -0.370 e. The molecule has 268 valence electrons. The van der Waals surface area contributed by atoms with Gasteiger partial charge in [0.05, 0.1) is 16.3 Å². The number of Topliss-reactive ketones (excluding diaryl/α,β-unsaturated/α-hetero) is 1. The van der Waals surface area contributed by atoms with Crippen molar-refractivity contribution in [2.45, 2.75) is 69.5 Å². The maximum atomic E-state index is 13.9. The van der Waals surface area contributed by atoms with Crippen LogP contribution < -0.4 is 43.8 Å². The van der Waals surface area contributed by atoms with Gasteiger partial charge in [-0.3, -0.25) is 34.8 Å². The number of thiazole rings is 1. The summed E-state index contributed by atoms with van der Waals surface area (Å²) in [5.74, 6) is -3.26. The zero-order valence-corrected chi connectivity index (χ0v) is 28.4. The number of nitrogens with zero attached hydrogens (tertiary/aromatic N) is 1. The molecule has 17 heteroatoms. The third-order valence-corrected chi connectivity index (χ3v) is 8.57. The fourth-order valence-corrected chi connectivity index (χ4v) is 5.94. The number of amides is 4. The quantitative estimate of drug-likeness (QED) is 0.0314. The molecule has 3 aromatic rings. The minimum absolute atomic E-state index is 0.0615. The number of guanidine groups is 2. The summed E-state index contributed by atoms with van der Waals surface area (Å²) in [5, 5.41) is 28.4. The number of nitrogens with two attached hydrogens (primary N) is 3. The number of carbonyl (C=O) groups is 5. The average Bonchev–Trinajstić information content (AvgIpc) is 3.51. The normalized spacial score (nSPS) is 12.6. The third-order valence-electron chi connectivity index (χ3n) is 7.52. The summed E-state index contributed by atoms with van der Waals surface area (Å²) in [7, 11) is 0. The van der Waals surface area contributed by atoms with E-state index in [1.165, 1.54) is 11.3 Å². The standard InChI is InChI=1S/C33H45N11O5S/c34-26(45)16-15-23(41-27(46)14-6-7-17-39-32(35)36)29(48)43-24(19-20-9-2-1-3-10-20)30(49)42-22(12-8-18-40-33(37)38)28(47)31-44-21-11-4-5-13-25(21)50-31/h1-5,9-11,13,22-24H,6-8,12,14-19H2,(H2,34,45)(H,41,46)(H,42,49)(H,43,48)(H4,35,36,39)(H4,37,38,40)/t22-,23+,24+/m1/s1. The number of rotatable bonds is 21. The number of nitrogens with one attached hydrogen (secondary N) is 7. The predicted octanol–water partition coefficient (Wildman–Crippen LogP) is 0.358. The van der Waals surface area contributed by atoms with Crippen LogP contribution in [0.4, 0.5) is 0 Å². The van der Waals surface area contributed by atoms with Crippen LogP contribution in [0.5, 0.6) is 0 Å². The molecule has 0 spiro atoms. The number of carbonyl (C=O) groups excluding carboxylic acids is 5. The van der Waals surface area contributed by atoms with Crippen LogP contribution in [0.3, 0.4) is 0 Å². The van der Waals surface area contributed by atoms with Gasteiger partial charge in [-0.15, -0.1) is 11.3 Å². The van der Waals surface area contributed by atoms with Gasteiger partial charge in [0.2, 0.25) is 29.4 Å². The van der Waals surface area contributed by atoms with Crippen LogP contribution in [0.2, 0.25) is 0 Å². The van der Waals surface area contributed by atoms with Gasteiger partial charge in [-0.25, -0.2) is 4.98 Å². The highest BCUT2D eigenvalue weighted by Crippen LogP contribution is 2.23. The van der Waals surface area contributed by atoms with Gasteiger partial charge in [-0.05, 0) is 49.8 Å². The molecule has 0 saturated heterocycles. The first-order valence-electron chi connectivity index (χ1n) is 16.2. The lowest BCUT2D eigenvalue weighted by Crippen LogP contribution is -2.56. The Morgan fingerprint density at radius 1 is 0.700 bits per heavy atom. The van der Waals surface area contributed by atoms with Crippen LogP contribution in [0.25, 0.3) is 10.2 Å². The summed E-state index contributed by atoms with van der Waals surface area (Å²) in [6, 6.07) is 12.9. The topological polar surface area (TPSA) is 284 Å². The van der Waals surface area contributed by atoms with Gasteiger partial charge < -0.3 is 43.8 Å². The van der Waals surface area contributed by atoms with E-state index in [1.54, 1.807) is 30.3 Å². The molecular formula is C33H45N11O5S. The molecule has 0 aliphatic heterocycles. The molecular weight excluding hydrogens is 663 g/mol. The van der Waals surface area contributed by atoms with Crippen molar-refractivity contribution >= 4 is 62.9 Å². The van der Waals surface area contributed by atoms with E-state index in [0.717, 1.165) is 10.3 Å². The summed E-state index contributed by atoms with van der Waals surface area (Å²) < 4.78 is 0.810. The molecule has 1 heterocycles. The van der Waals surface area contributed by atoms with Gasteiger partial charge in [-0.1, -0.05) is 42.5 Å². The smallest absolute Gasteiger partial charge is 0.243 e. The van der Waals surface area contributed by atoms with Crippen molar-refractivity contribution in [3.63, 3.8) is 0 Å². The molecule has 0 fully saturated rings. The number of para-hydroxylation sites is 1. The molecule has 3 rings (SSSR count). The molecule has 2 aromatic carbocycles. The van der Waals surface area contributed by atoms with E-state index in [9.17, 15) is 24.0 Å². The van der Waals surface area contributed by atoms with Crippen LogP contribution in [0, 0.1) is 10.8 Å². The molecule has 4 amide bonds. The first kappa shape index (κ1) is 38.9. The summed E-state index contributed by atoms with van der Waals surface area (Å²) in [5.41, 5.74) is 17.4. The van der Waals surface area contributed by atoms with E-state index < -0.39 is 47.5 Å². The second kappa shape index (κ2) is 20.1. The zero-order chi connectivity index (χ0) is 36.5. The Morgan fingerprint density at radius 3 is 1.98 bits per heavy atom. The molecule has 1 aromatic heterocycles. The van der Waals surface area contributed by atoms with Crippen molar-refractivity contribution < 1.29 is 24.0 Å². The summed E-state index contributed by atoms with van der Waals surface area (Å²) >= 11 is 1.21. The van der Waals surface area contributed by atoms with Crippen LogP contribution in [0.1, 0.15) is 60.3 Å². The number of benzene rings is 2. The van der Waals surface area contributed by atoms with E-state index in [1.807, 2.05) is 24.3 Å². The van der Waals surface area contributed by atoms with Crippen molar-refractivity contribution in [3.8, 4) is 0 Å². The van der Waals surface area contributed by atoms with Gasteiger partial charge in [0.1, 0.15) is 12.1 Å². The predicted molar refractivity (Wildman–Crippen MR) is 191 cm³/mol. The number of fused-ring (bicyclic) bond motifs is 1. The average molecular weight is 708 g/mol. The van der Waals surface area contributed by atoms with E-state index in [4.69, 9.17) is 28.0 Å². The number of unbranched alkanes of at least 4 members (excludes halogenated alkanes) is 1. The maximum absolute atomic E-state index is 13.9. The van der Waals surface area contributed by atoms with Crippen molar-refractivity contribution in [3.05, 3.63) is 65.2 Å². The van der Waals surface area contributed by atoms with Crippen molar-refractivity contribution in [1.82, 2.24) is 31.6 Å². The highest BCUT2D eigenvalue weighted by atomic mass is 32.1. The molecule has 0 aliphatic rings. The van der Waals surface area contributed by atoms with Crippen LogP contribution in [-0.4, -0.2) is 77.5 Å². The van der Waals surface area contributed by atoms with Crippen LogP contribution >= 0.6 is 11.3 Å². The molecule has 13 N–H and O–H groups in total. The SMILES string of the molecule is N=C(N)NCCCCC(=O)N[C@@H](CCC(N)=O)C(=O)N[C@@H](Cc1ccccc1)C(=O)N[C@H](CCCNC(=N)N)C(=O)c1nc2ccccc2s1. The molecule has 0 unspecified atom stereocenters. The molecule has 0 radical (unpaired) electrons. The van der Waals surface area contributed by atoms with E-state index in [-0.39, 0.29) is 55.6 Å². The van der Waals surface area contributed by atoms with Gasteiger partial charge >= 0.3 is 0 Å². The Morgan fingerprint density at radius 2 is 1.32 bits per heavy atom. The summed E-state index contributed by atoms with van der Waals surface area (Å²) in [6.45, 7) is 0.688. The maximum Gasteiger partial charge on any atom is 0.243 e. The van der Waals surface area contributed by atoms with Crippen LogP contribution in [0.15, 0.2) is 54.6 Å². The first-order chi connectivity index (χ1) is 23.9. The fraction of sp³-hybridized carbons (Fsp3) is 0.394. The van der Waals surface area contributed by atoms with Crippen molar-refractivity contribution in [2.75, 3.05) is 13.1 Å². The van der Waals surface area contributed by atoms with E-state index in [0.29, 0.717) is 31.3 Å². The van der Waals surface area contributed by atoms with Gasteiger partial charge in [0.25, 0.3) is 0 Å². The largest absolute Gasteiger partial charge is 0.370 e. The lowest BCUT2D eigenvalue weighted by Gasteiger charge is -2.25. The van der Waals surface area contributed by atoms with Gasteiger partial charge in [0, 0.05) is 32.4 Å². The van der Waals surface area contributed by atoms with Gasteiger partial charge in [-0.2, -0.15) is 0 Å². The van der Waals surface area contributed by atoms with E-state index in [2.05, 4.69) is 31.6 Å². The van der Waals surface area contributed by atoms with E-state index >= 15 is 0 Å². The Labute approximate surface area is 293 Å². The van der Waals surface area contributed by atoms with Crippen LogP contribution in [-0.2, 0) is 25.6 Å². The first-order valence-corrected chi connectivity index (χ1v) is 17.0. The number of hydrogen-bond donors (Lipinski definition) is 10. The highest BCUT2D eigenvalue weighted by molar-refractivity contribution is 7.20. The monoisotopic (exact) mass is 707 g/mol. The molecule has 0 aliphatic carbocycles. The third kappa shape index (κ3) is 13.5. The summed E-state index contributed by atoms with van der Waals surface area (Å²) in [4.78, 5) is 70.2. The zero-order valence-electron chi connectivity index (χ0n) is 27.6. The number of aromatic nitrogens is 1. The minimum atomic E-state index is -1.17. The van der Waals surface area contributed by atoms with Crippen molar-refractivity contribution in [2.24, 2.45) is 17.2 Å². The Bertz CT molecular complexity index is 1620. The Hall–Kier alpha value is -5.58. The molecule has 0 saturated carbocycles. The van der Waals surface area contributed by atoms with Crippen molar-refractivity contribution in [1.29, 1.82) is 10.8 Å². The lowest BCUT2D eigenvalue weighted by molar-refractivity contribution is -0.132. The molecule has 16 nitrogen and oxygen atoms in total.